The summed E-state index contributed by atoms with van der Waals surface area (Å²) in [6.45, 7) is 1.50. The Labute approximate surface area is 146 Å². The van der Waals surface area contributed by atoms with Gasteiger partial charge in [-0.05, 0) is 23.3 Å². The first kappa shape index (κ1) is 16.7. The van der Waals surface area contributed by atoms with Gasteiger partial charge in [-0.2, -0.15) is 0 Å². The zero-order valence-corrected chi connectivity index (χ0v) is 14.1. The van der Waals surface area contributed by atoms with E-state index in [0.717, 1.165) is 11.1 Å². The number of ether oxygens (including phenoxy) is 1. The van der Waals surface area contributed by atoms with Crippen LogP contribution in [0.15, 0.2) is 48.8 Å². The Morgan fingerprint density at radius 1 is 1.24 bits per heavy atom. The zero-order valence-electron chi connectivity index (χ0n) is 14.1. The maximum Gasteiger partial charge on any atom is 0.226 e. The summed E-state index contributed by atoms with van der Waals surface area (Å²) in [5.74, 6) is 0.190. The molecule has 0 fully saturated rings. The number of hydrogen-bond donors (Lipinski definition) is 1. The second-order valence-electron chi connectivity index (χ2n) is 5.73. The molecule has 0 saturated carbocycles. The molecule has 0 bridgehead atoms. The van der Waals surface area contributed by atoms with Gasteiger partial charge in [0.1, 0.15) is 0 Å². The van der Waals surface area contributed by atoms with Gasteiger partial charge in [-0.15, -0.1) is 0 Å². The van der Waals surface area contributed by atoms with Crippen LogP contribution in [-0.4, -0.2) is 28.8 Å². The number of hydrogen-bond acceptors (Lipinski definition) is 4. The molecule has 1 aromatic heterocycles. The van der Waals surface area contributed by atoms with Crippen molar-refractivity contribution in [2.24, 2.45) is 0 Å². The summed E-state index contributed by atoms with van der Waals surface area (Å²) in [5.41, 5.74) is 2.56. The molecule has 1 unspecified atom stereocenters. The molecule has 3 rings (SSSR count). The number of fused-ring (bicyclic) bond motifs is 1. The average Bonchev–Trinajstić information content (AvgIpc) is 2.62. The predicted octanol–water partition coefficient (Wildman–Crippen LogP) is 2.99. The van der Waals surface area contributed by atoms with Gasteiger partial charge in [-0.1, -0.05) is 24.3 Å². The van der Waals surface area contributed by atoms with E-state index in [4.69, 9.17) is 4.74 Å². The molecule has 1 aliphatic heterocycles. The standard InChI is InChI=1S/C19H19N3O3/c1-13(23)22-10-9-14-5-3-4-6-16(14)17(22)11-18(24)21-15-7-8-19(25-2)20-12-15/h3-10,12,17H,11H2,1-2H3,(H,21,24). The van der Waals surface area contributed by atoms with Gasteiger partial charge in [-0.25, -0.2) is 4.98 Å². The Balaban J connectivity index is 1.77. The summed E-state index contributed by atoms with van der Waals surface area (Å²) in [6, 6.07) is 10.8. The minimum absolute atomic E-state index is 0.102. The zero-order chi connectivity index (χ0) is 17.8. The van der Waals surface area contributed by atoms with Crippen LogP contribution in [0.2, 0.25) is 0 Å². The van der Waals surface area contributed by atoms with Gasteiger partial charge < -0.3 is 15.0 Å². The van der Waals surface area contributed by atoms with Crippen LogP contribution in [0.3, 0.4) is 0 Å². The first-order valence-electron chi connectivity index (χ1n) is 7.94. The van der Waals surface area contributed by atoms with E-state index in [-0.39, 0.29) is 24.3 Å². The van der Waals surface area contributed by atoms with Gasteiger partial charge in [-0.3, -0.25) is 9.59 Å². The summed E-state index contributed by atoms with van der Waals surface area (Å²) < 4.78 is 5.00. The molecule has 2 amide bonds. The van der Waals surface area contributed by atoms with E-state index in [1.807, 2.05) is 30.3 Å². The predicted molar refractivity (Wildman–Crippen MR) is 94.8 cm³/mol. The van der Waals surface area contributed by atoms with E-state index in [1.54, 1.807) is 23.2 Å². The van der Waals surface area contributed by atoms with Crippen molar-refractivity contribution in [1.29, 1.82) is 0 Å². The number of pyridine rings is 1. The van der Waals surface area contributed by atoms with E-state index < -0.39 is 0 Å². The molecule has 6 heteroatoms. The van der Waals surface area contributed by atoms with E-state index in [1.165, 1.54) is 20.2 Å². The number of methoxy groups -OCH3 is 1. The van der Waals surface area contributed by atoms with Crippen LogP contribution in [0.4, 0.5) is 5.69 Å². The first-order valence-corrected chi connectivity index (χ1v) is 7.94. The summed E-state index contributed by atoms with van der Waals surface area (Å²) in [5, 5.41) is 2.81. The second-order valence-corrected chi connectivity index (χ2v) is 5.73. The van der Waals surface area contributed by atoms with Crippen molar-refractivity contribution in [1.82, 2.24) is 9.88 Å². The molecule has 2 heterocycles. The molecule has 0 aliphatic carbocycles. The van der Waals surface area contributed by atoms with Gasteiger partial charge in [0.15, 0.2) is 0 Å². The highest BCUT2D eigenvalue weighted by molar-refractivity contribution is 5.92. The summed E-state index contributed by atoms with van der Waals surface area (Å²) >= 11 is 0. The molecule has 0 radical (unpaired) electrons. The minimum Gasteiger partial charge on any atom is -0.481 e. The van der Waals surface area contributed by atoms with Gasteiger partial charge in [0.05, 0.1) is 31.5 Å². The molecule has 128 valence electrons. The van der Waals surface area contributed by atoms with Gasteiger partial charge >= 0.3 is 0 Å². The molecule has 1 aliphatic rings. The van der Waals surface area contributed by atoms with Crippen LogP contribution in [0, 0.1) is 0 Å². The summed E-state index contributed by atoms with van der Waals surface area (Å²) in [6.07, 6.45) is 5.32. The van der Waals surface area contributed by atoms with Crippen molar-refractivity contribution >= 4 is 23.6 Å². The minimum atomic E-state index is -0.329. The first-order chi connectivity index (χ1) is 12.1. The number of nitrogens with zero attached hydrogens (tertiary/aromatic N) is 2. The molecule has 1 aromatic carbocycles. The molecule has 1 N–H and O–H groups in total. The van der Waals surface area contributed by atoms with E-state index in [0.29, 0.717) is 11.6 Å². The maximum absolute atomic E-state index is 12.5. The van der Waals surface area contributed by atoms with E-state index in [2.05, 4.69) is 10.3 Å². The lowest BCUT2D eigenvalue weighted by Crippen LogP contribution is -2.33. The quantitative estimate of drug-likeness (QED) is 0.931. The molecular formula is C19H19N3O3. The number of nitrogens with one attached hydrogen (secondary N) is 1. The molecule has 2 aromatic rings. The number of aromatic nitrogens is 1. The number of rotatable bonds is 4. The third-order valence-electron chi connectivity index (χ3n) is 4.08. The van der Waals surface area contributed by atoms with Crippen LogP contribution in [-0.2, 0) is 9.59 Å². The molecule has 25 heavy (non-hydrogen) atoms. The van der Waals surface area contributed by atoms with Gasteiger partial charge in [0.2, 0.25) is 17.7 Å². The normalized spacial score (nSPS) is 15.4. The lowest BCUT2D eigenvalue weighted by atomic mass is 9.93. The number of anilines is 1. The second kappa shape index (κ2) is 7.17. The molecule has 0 spiro atoms. The highest BCUT2D eigenvalue weighted by Crippen LogP contribution is 2.33. The van der Waals surface area contributed by atoms with Crippen LogP contribution in [0.5, 0.6) is 5.88 Å². The Bertz CT molecular complexity index is 815. The molecule has 6 nitrogen and oxygen atoms in total. The van der Waals surface area contributed by atoms with Crippen LogP contribution in [0.1, 0.15) is 30.5 Å². The van der Waals surface area contributed by atoms with Gasteiger partial charge in [0.25, 0.3) is 0 Å². The fourth-order valence-corrected chi connectivity index (χ4v) is 2.88. The van der Waals surface area contributed by atoms with E-state index in [9.17, 15) is 9.59 Å². The van der Waals surface area contributed by atoms with Crippen molar-refractivity contribution in [2.75, 3.05) is 12.4 Å². The average molecular weight is 337 g/mol. The monoisotopic (exact) mass is 337 g/mol. The topological polar surface area (TPSA) is 71.5 Å². The van der Waals surface area contributed by atoms with Crippen molar-refractivity contribution in [3.8, 4) is 5.88 Å². The number of carbonyl (C=O) groups excluding carboxylic acids is 2. The molecule has 0 saturated heterocycles. The summed E-state index contributed by atoms with van der Waals surface area (Å²) in [7, 11) is 1.53. The highest BCUT2D eigenvalue weighted by atomic mass is 16.5. The fourth-order valence-electron chi connectivity index (χ4n) is 2.88. The Hall–Kier alpha value is -3.15. The third kappa shape index (κ3) is 3.68. The van der Waals surface area contributed by atoms with Crippen molar-refractivity contribution in [3.63, 3.8) is 0 Å². The largest absolute Gasteiger partial charge is 0.481 e. The van der Waals surface area contributed by atoms with Crippen molar-refractivity contribution in [3.05, 3.63) is 59.9 Å². The smallest absolute Gasteiger partial charge is 0.226 e. The third-order valence-corrected chi connectivity index (χ3v) is 4.08. The van der Waals surface area contributed by atoms with Crippen LogP contribution >= 0.6 is 0 Å². The number of amides is 2. The summed E-state index contributed by atoms with van der Waals surface area (Å²) in [4.78, 5) is 30.1. The Morgan fingerprint density at radius 2 is 2.04 bits per heavy atom. The van der Waals surface area contributed by atoms with Crippen LogP contribution < -0.4 is 10.1 Å². The maximum atomic E-state index is 12.5. The van der Waals surface area contributed by atoms with Crippen molar-refractivity contribution in [2.45, 2.75) is 19.4 Å². The van der Waals surface area contributed by atoms with Gasteiger partial charge in [0, 0.05) is 19.2 Å². The van der Waals surface area contributed by atoms with E-state index >= 15 is 0 Å². The lowest BCUT2D eigenvalue weighted by molar-refractivity contribution is -0.129. The molecular weight excluding hydrogens is 318 g/mol. The highest BCUT2D eigenvalue weighted by Gasteiger charge is 2.28. The number of carbonyl (C=O) groups is 2. The number of benzene rings is 1. The van der Waals surface area contributed by atoms with Crippen molar-refractivity contribution < 1.29 is 14.3 Å². The lowest BCUT2D eigenvalue weighted by Gasteiger charge is -2.32. The SMILES string of the molecule is COc1ccc(NC(=O)CC2c3ccccc3C=CN2C(C)=O)cn1. The molecule has 1 atom stereocenters. The Morgan fingerprint density at radius 3 is 2.72 bits per heavy atom. The van der Waals surface area contributed by atoms with Crippen LogP contribution in [0.25, 0.3) is 6.08 Å². The Kier molecular flexibility index (Phi) is 4.79. The fraction of sp³-hybridized carbons (Fsp3) is 0.211.